The lowest BCUT2D eigenvalue weighted by atomic mass is 10.3. The van der Waals surface area contributed by atoms with E-state index in [2.05, 4.69) is 4.74 Å². The summed E-state index contributed by atoms with van der Waals surface area (Å²) < 4.78 is 30.0. The fraction of sp³-hybridized carbons (Fsp3) is 0.417. The largest absolute Gasteiger partial charge is 0.469 e. The molecule has 0 saturated carbocycles. The molecular formula is C12H18N2O4S. The number of carbonyl (C=O) groups is 1. The van der Waals surface area contributed by atoms with E-state index in [1.54, 1.807) is 31.2 Å². The Morgan fingerprint density at radius 2 is 2.00 bits per heavy atom. The molecular weight excluding hydrogens is 268 g/mol. The fourth-order valence-corrected chi connectivity index (χ4v) is 3.16. The fourth-order valence-electron chi connectivity index (χ4n) is 1.66. The van der Waals surface area contributed by atoms with Crippen molar-refractivity contribution < 1.29 is 17.9 Å². The van der Waals surface area contributed by atoms with E-state index in [1.165, 1.54) is 11.4 Å². The van der Waals surface area contributed by atoms with Crippen molar-refractivity contribution in [2.24, 2.45) is 0 Å². The van der Waals surface area contributed by atoms with Crippen LogP contribution in [0, 0.1) is 0 Å². The topological polar surface area (TPSA) is 89.7 Å². The summed E-state index contributed by atoms with van der Waals surface area (Å²) in [7, 11) is -2.38. The molecule has 0 unspecified atom stereocenters. The molecule has 2 N–H and O–H groups in total. The van der Waals surface area contributed by atoms with Gasteiger partial charge in [0.05, 0.1) is 30.7 Å². The van der Waals surface area contributed by atoms with E-state index in [4.69, 9.17) is 5.73 Å². The maximum Gasteiger partial charge on any atom is 0.306 e. The van der Waals surface area contributed by atoms with E-state index in [0.717, 1.165) is 0 Å². The molecule has 0 atom stereocenters. The van der Waals surface area contributed by atoms with Crippen LogP contribution >= 0.6 is 0 Å². The Kier molecular flexibility index (Phi) is 5.17. The summed E-state index contributed by atoms with van der Waals surface area (Å²) in [5.74, 6) is -0.859. The molecule has 6 nitrogen and oxygen atoms in total. The molecule has 0 bridgehead atoms. The SMILES string of the molecule is CCN(c1ccccc1N)S(=O)(=O)CCC(=O)OC. The summed E-state index contributed by atoms with van der Waals surface area (Å²) in [5, 5.41) is 0. The van der Waals surface area contributed by atoms with Crippen LogP contribution < -0.4 is 10.0 Å². The summed E-state index contributed by atoms with van der Waals surface area (Å²) in [5.41, 5.74) is 6.58. The lowest BCUT2D eigenvalue weighted by Gasteiger charge is -2.23. The molecule has 0 aliphatic heterocycles. The molecule has 0 spiro atoms. The lowest BCUT2D eigenvalue weighted by Crippen LogP contribution is -2.34. The van der Waals surface area contributed by atoms with E-state index in [1.807, 2.05) is 0 Å². The van der Waals surface area contributed by atoms with Crippen LogP contribution in [0.5, 0.6) is 0 Å². The Morgan fingerprint density at radius 3 is 2.53 bits per heavy atom. The molecule has 1 aromatic carbocycles. The van der Waals surface area contributed by atoms with Gasteiger partial charge in [0.2, 0.25) is 10.0 Å². The van der Waals surface area contributed by atoms with Crippen LogP contribution in [-0.4, -0.2) is 33.8 Å². The number of benzene rings is 1. The zero-order chi connectivity index (χ0) is 14.5. The zero-order valence-corrected chi connectivity index (χ0v) is 11.8. The van der Waals surface area contributed by atoms with Gasteiger partial charge in [-0.15, -0.1) is 0 Å². The minimum absolute atomic E-state index is 0.179. The number of carbonyl (C=O) groups excluding carboxylic acids is 1. The van der Waals surface area contributed by atoms with E-state index >= 15 is 0 Å². The van der Waals surface area contributed by atoms with Gasteiger partial charge in [0.15, 0.2) is 0 Å². The summed E-state index contributed by atoms with van der Waals surface area (Å²) in [6.07, 6.45) is -0.179. The normalized spacial score (nSPS) is 11.1. The highest BCUT2D eigenvalue weighted by atomic mass is 32.2. The van der Waals surface area contributed by atoms with Crippen LogP contribution in [0.3, 0.4) is 0 Å². The molecule has 1 rings (SSSR count). The number of hydrogen-bond acceptors (Lipinski definition) is 5. The highest BCUT2D eigenvalue weighted by Gasteiger charge is 2.23. The number of ether oxygens (including phenoxy) is 1. The number of methoxy groups -OCH3 is 1. The van der Waals surface area contributed by atoms with Crippen LogP contribution in [0.15, 0.2) is 24.3 Å². The van der Waals surface area contributed by atoms with Crippen molar-refractivity contribution in [1.29, 1.82) is 0 Å². The van der Waals surface area contributed by atoms with Gasteiger partial charge in [0.1, 0.15) is 0 Å². The standard InChI is InChI=1S/C12H18N2O4S/c1-3-14(11-7-5-4-6-10(11)13)19(16,17)9-8-12(15)18-2/h4-7H,3,8-9,13H2,1-2H3. The number of esters is 1. The van der Waals surface area contributed by atoms with Gasteiger partial charge in [-0.05, 0) is 19.1 Å². The molecule has 7 heteroatoms. The van der Waals surface area contributed by atoms with Gasteiger partial charge < -0.3 is 10.5 Å². The number of anilines is 2. The van der Waals surface area contributed by atoms with Crippen molar-refractivity contribution in [3.63, 3.8) is 0 Å². The molecule has 106 valence electrons. The molecule has 1 aromatic rings. The maximum atomic E-state index is 12.2. The average molecular weight is 286 g/mol. The summed E-state index contributed by atoms with van der Waals surface area (Å²) >= 11 is 0. The van der Waals surface area contributed by atoms with E-state index < -0.39 is 16.0 Å². The van der Waals surface area contributed by atoms with E-state index in [-0.39, 0.29) is 18.7 Å². The van der Waals surface area contributed by atoms with Crippen LogP contribution in [-0.2, 0) is 19.6 Å². The van der Waals surface area contributed by atoms with Crippen LogP contribution in [0.25, 0.3) is 0 Å². The van der Waals surface area contributed by atoms with Crippen molar-refractivity contribution in [1.82, 2.24) is 0 Å². The first-order valence-corrected chi connectivity index (χ1v) is 7.45. The quantitative estimate of drug-likeness (QED) is 0.622. The number of sulfonamides is 1. The van der Waals surface area contributed by atoms with Gasteiger partial charge in [0.25, 0.3) is 0 Å². The first-order valence-electron chi connectivity index (χ1n) is 5.84. The zero-order valence-electron chi connectivity index (χ0n) is 11.0. The Bertz CT molecular complexity index is 542. The second kappa shape index (κ2) is 6.42. The third-order valence-corrected chi connectivity index (χ3v) is 4.47. The first kappa shape index (κ1) is 15.3. The molecule has 0 aromatic heterocycles. The second-order valence-electron chi connectivity index (χ2n) is 3.87. The van der Waals surface area contributed by atoms with Crippen molar-refractivity contribution in [3.8, 4) is 0 Å². The van der Waals surface area contributed by atoms with Crippen LogP contribution in [0.4, 0.5) is 11.4 Å². The molecule has 0 aliphatic rings. The molecule has 0 fully saturated rings. The molecule has 0 aliphatic carbocycles. The first-order chi connectivity index (χ1) is 8.92. The molecule has 19 heavy (non-hydrogen) atoms. The van der Waals surface area contributed by atoms with Crippen molar-refractivity contribution in [2.45, 2.75) is 13.3 Å². The third kappa shape index (κ3) is 3.85. The van der Waals surface area contributed by atoms with E-state index in [9.17, 15) is 13.2 Å². The van der Waals surface area contributed by atoms with Crippen LogP contribution in [0.1, 0.15) is 13.3 Å². The van der Waals surface area contributed by atoms with Gasteiger partial charge in [-0.2, -0.15) is 0 Å². The van der Waals surface area contributed by atoms with Crippen molar-refractivity contribution >= 4 is 27.4 Å². The van der Waals surface area contributed by atoms with Gasteiger partial charge in [-0.25, -0.2) is 8.42 Å². The minimum atomic E-state index is -3.60. The minimum Gasteiger partial charge on any atom is -0.469 e. The summed E-state index contributed by atoms with van der Waals surface area (Å²) in [6.45, 7) is 1.96. The average Bonchev–Trinajstić information content (AvgIpc) is 2.39. The molecule has 0 heterocycles. The Balaban J connectivity index is 2.96. The summed E-state index contributed by atoms with van der Waals surface area (Å²) in [6, 6.07) is 6.71. The summed E-state index contributed by atoms with van der Waals surface area (Å²) in [4.78, 5) is 11.0. The van der Waals surface area contributed by atoms with Crippen LogP contribution in [0.2, 0.25) is 0 Å². The number of nitrogen functional groups attached to an aromatic ring is 1. The smallest absolute Gasteiger partial charge is 0.306 e. The highest BCUT2D eigenvalue weighted by Crippen LogP contribution is 2.25. The Hall–Kier alpha value is -1.76. The Labute approximate surface area is 113 Å². The van der Waals surface area contributed by atoms with Crippen molar-refractivity contribution in [2.75, 3.05) is 29.4 Å². The monoisotopic (exact) mass is 286 g/mol. The maximum absolute atomic E-state index is 12.2. The Morgan fingerprint density at radius 1 is 1.37 bits per heavy atom. The highest BCUT2D eigenvalue weighted by molar-refractivity contribution is 7.92. The molecule has 0 radical (unpaired) electrons. The lowest BCUT2D eigenvalue weighted by molar-refractivity contribution is -0.140. The number of para-hydroxylation sites is 2. The van der Waals surface area contributed by atoms with Crippen molar-refractivity contribution in [3.05, 3.63) is 24.3 Å². The number of nitrogens with zero attached hydrogens (tertiary/aromatic N) is 1. The van der Waals surface area contributed by atoms with E-state index in [0.29, 0.717) is 11.4 Å². The van der Waals surface area contributed by atoms with Gasteiger partial charge in [-0.3, -0.25) is 9.10 Å². The van der Waals surface area contributed by atoms with Gasteiger partial charge in [-0.1, -0.05) is 12.1 Å². The predicted octanol–water partition coefficient (Wildman–Crippen LogP) is 0.988. The van der Waals surface area contributed by atoms with Gasteiger partial charge in [0, 0.05) is 6.54 Å². The third-order valence-electron chi connectivity index (χ3n) is 2.62. The molecule has 0 saturated heterocycles. The van der Waals surface area contributed by atoms with Gasteiger partial charge >= 0.3 is 5.97 Å². The number of hydrogen-bond donors (Lipinski definition) is 1. The second-order valence-corrected chi connectivity index (χ2v) is 5.88. The molecule has 0 amide bonds. The predicted molar refractivity (Wildman–Crippen MR) is 74.3 cm³/mol. The number of nitrogens with two attached hydrogens (primary N) is 1. The number of rotatable bonds is 6.